The lowest BCUT2D eigenvalue weighted by molar-refractivity contribution is -0.109. The van der Waals surface area contributed by atoms with Crippen molar-refractivity contribution in [1.82, 2.24) is 4.98 Å². The summed E-state index contributed by atoms with van der Waals surface area (Å²) in [6.07, 6.45) is 4.53. The van der Waals surface area contributed by atoms with Gasteiger partial charge < -0.3 is 5.11 Å². The maximum atomic E-state index is 10.6. The summed E-state index contributed by atoms with van der Waals surface area (Å²) in [4.78, 5) is 14.6. The van der Waals surface area contributed by atoms with E-state index in [2.05, 4.69) is 4.98 Å². The van der Waals surface area contributed by atoms with Crippen LogP contribution in [0.4, 0.5) is 0 Å². The fraction of sp³-hybridized carbons (Fsp3) is 0.273. The summed E-state index contributed by atoms with van der Waals surface area (Å²) < 4.78 is 0. The molecule has 0 unspecified atom stereocenters. The Kier molecular flexibility index (Phi) is 5.35. The van der Waals surface area contributed by atoms with Crippen molar-refractivity contribution in [3.63, 3.8) is 0 Å². The highest BCUT2D eigenvalue weighted by Crippen LogP contribution is 2.20. The first kappa shape index (κ1) is 13.1. The predicted molar refractivity (Wildman–Crippen MR) is 67.7 cm³/mol. The normalized spacial score (nSPS) is 10.9. The summed E-state index contributed by atoms with van der Waals surface area (Å²) in [7, 11) is 0. The Morgan fingerprint density at radius 2 is 2.38 bits per heavy atom. The molecule has 0 amide bonds. The molecule has 0 radical (unpaired) electrons. The van der Waals surface area contributed by atoms with Crippen LogP contribution in [0.1, 0.15) is 19.0 Å². The number of halogens is 1. The molecule has 0 saturated carbocycles. The zero-order valence-corrected chi connectivity index (χ0v) is 10.4. The second-order valence-electron chi connectivity index (χ2n) is 3.08. The third kappa shape index (κ3) is 4.68. The van der Waals surface area contributed by atoms with Crippen molar-refractivity contribution in [3.05, 3.63) is 29.1 Å². The first-order valence-electron chi connectivity index (χ1n) is 4.75. The number of hydrogen-bond acceptors (Lipinski definition) is 4. The number of carbonyl (C=O) groups is 1. The molecule has 0 fully saturated rings. The first-order chi connectivity index (χ1) is 7.59. The minimum absolute atomic E-state index is 0.0223. The quantitative estimate of drug-likeness (QED) is 0.665. The van der Waals surface area contributed by atoms with Crippen molar-refractivity contribution in [3.8, 4) is 5.75 Å². The summed E-state index contributed by atoms with van der Waals surface area (Å²) in [5, 5.41) is 9.38. The molecule has 0 atom stereocenters. The van der Waals surface area contributed by atoms with Gasteiger partial charge in [0.2, 0.25) is 0 Å². The smallest absolute Gasteiger partial charge is 0.185 e. The fourth-order valence-corrected chi connectivity index (χ4v) is 1.71. The third-order valence-electron chi connectivity index (χ3n) is 1.73. The molecule has 1 rings (SSSR count). The van der Waals surface area contributed by atoms with Gasteiger partial charge in [-0.2, -0.15) is 0 Å². The van der Waals surface area contributed by atoms with E-state index in [-0.39, 0.29) is 16.0 Å². The average Bonchev–Trinajstić information content (AvgIpc) is 2.22. The number of thioether (sulfide) groups is 1. The van der Waals surface area contributed by atoms with Crippen molar-refractivity contribution in [2.24, 2.45) is 0 Å². The maximum absolute atomic E-state index is 10.6. The van der Waals surface area contributed by atoms with Gasteiger partial charge in [0.15, 0.2) is 16.0 Å². The molecular weight excluding hydrogens is 246 g/mol. The molecule has 0 aliphatic rings. The van der Waals surface area contributed by atoms with Crippen LogP contribution in [0.3, 0.4) is 0 Å². The van der Waals surface area contributed by atoms with Crippen molar-refractivity contribution in [2.75, 3.05) is 5.75 Å². The standard InChI is InChI=1S/C11H12ClNO2S/c1-8(14)16-7-3-2-4-9-5-6-10(15)11(12)13-9/h2,4-6,15H,3,7H2,1H3. The van der Waals surface area contributed by atoms with E-state index < -0.39 is 0 Å². The highest BCUT2D eigenvalue weighted by atomic mass is 35.5. The minimum Gasteiger partial charge on any atom is -0.505 e. The lowest BCUT2D eigenvalue weighted by Crippen LogP contribution is -1.84. The molecule has 0 aliphatic heterocycles. The molecular formula is C11H12ClNO2S. The van der Waals surface area contributed by atoms with Crippen LogP contribution in [0.5, 0.6) is 5.75 Å². The zero-order valence-electron chi connectivity index (χ0n) is 8.81. The van der Waals surface area contributed by atoms with Crippen molar-refractivity contribution in [2.45, 2.75) is 13.3 Å². The molecule has 0 spiro atoms. The van der Waals surface area contributed by atoms with Crippen LogP contribution in [0.25, 0.3) is 6.08 Å². The predicted octanol–water partition coefficient (Wildman–Crippen LogP) is 3.12. The van der Waals surface area contributed by atoms with Gasteiger partial charge in [0.25, 0.3) is 0 Å². The summed E-state index contributed by atoms with van der Waals surface area (Å²) >= 11 is 6.95. The van der Waals surface area contributed by atoms with E-state index in [4.69, 9.17) is 16.7 Å². The number of rotatable bonds is 4. The molecule has 1 heterocycles. The second kappa shape index (κ2) is 6.55. The van der Waals surface area contributed by atoms with Crippen molar-refractivity contribution < 1.29 is 9.90 Å². The molecule has 1 N–H and O–H groups in total. The van der Waals surface area contributed by atoms with Crippen molar-refractivity contribution >= 4 is 34.6 Å². The highest BCUT2D eigenvalue weighted by Gasteiger charge is 1.98. The largest absolute Gasteiger partial charge is 0.505 e. The lowest BCUT2D eigenvalue weighted by Gasteiger charge is -1.97. The molecule has 16 heavy (non-hydrogen) atoms. The summed E-state index contributed by atoms with van der Waals surface area (Å²) in [5.41, 5.74) is 0.690. The third-order valence-corrected chi connectivity index (χ3v) is 2.85. The molecule has 0 aromatic carbocycles. The van der Waals surface area contributed by atoms with Crippen LogP contribution >= 0.6 is 23.4 Å². The summed E-state index contributed by atoms with van der Waals surface area (Å²) in [5.74, 6) is 0.739. The van der Waals surface area contributed by atoms with E-state index in [0.29, 0.717) is 5.69 Å². The van der Waals surface area contributed by atoms with E-state index in [0.717, 1.165) is 12.2 Å². The van der Waals surface area contributed by atoms with Gasteiger partial charge in [0, 0.05) is 12.7 Å². The van der Waals surface area contributed by atoms with Crippen LogP contribution in [-0.2, 0) is 4.79 Å². The van der Waals surface area contributed by atoms with E-state index in [1.54, 1.807) is 13.0 Å². The Labute approximate surface area is 104 Å². The van der Waals surface area contributed by atoms with Gasteiger partial charge >= 0.3 is 0 Å². The van der Waals surface area contributed by atoms with Gasteiger partial charge in [-0.15, -0.1) is 0 Å². The zero-order chi connectivity index (χ0) is 12.0. The van der Waals surface area contributed by atoms with Gasteiger partial charge in [0.05, 0.1) is 5.69 Å². The average molecular weight is 258 g/mol. The van der Waals surface area contributed by atoms with Gasteiger partial charge in [-0.1, -0.05) is 29.4 Å². The highest BCUT2D eigenvalue weighted by molar-refractivity contribution is 8.13. The molecule has 1 aromatic rings. The van der Waals surface area contributed by atoms with E-state index in [1.807, 2.05) is 12.2 Å². The van der Waals surface area contributed by atoms with E-state index in [9.17, 15) is 4.79 Å². The molecule has 0 bridgehead atoms. The number of allylic oxidation sites excluding steroid dienone is 1. The number of aromatic hydroxyl groups is 1. The van der Waals surface area contributed by atoms with Crippen LogP contribution in [0.15, 0.2) is 18.2 Å². The molecule has 0 saturated heterocycles. The van der Waals surface area contributed by atoms with Crippen LogP contribution in [0, 0.1) is 0 Å². The van der Waals surface area contributed by atoms with E-state index >= 15 is 0 Å². The number of nitrogens with zero attached hydrogens (tertiary/aromatic N) is 1. The Morgan fingerprint density at radius 3 is 3.00 bits per heavy atom. The SMILES string of the molecule is CC(=O)SCCC=Cc1ccc(O)c(Cl)n1. The Balaban J connectivity index is 2.44. The van der Waals surface area contributed by atoms with E-state index in [1.165, 1.54) is 17.8 Å². The van der Waals surface area contributed by atoms with Gasteiger partial charge in [-0.25, -0.2) is 4.98 Å². The van der Waals surface area contributed by atoms with Gasteiger partial charge in [0.1, 0.15) is 0 Å². The maximum Gasteiger partial charge on any atom is 0.185 e. The number of pyridine rings is 1. The number of hydrogen-bond donors (Lipinski definition) is 1. The summed E-state index contributed by atoms with van der Waals surface area (Å²) in [6.45, 7) is 1.55. The van der Waals surface area contributed by atoms with Gasteiger partial charge in [-0.05, 0) is 24.6 Å². The topological polar surface area (TPSA) is 50.2 Å². The second-order valence-corrected chi connectivity index (χ2v) is 4.71. The minimum atomic E-state index is -0.0223. The van der Waals surface area contributed by atoms with Gasteiger partial charge in [-0.3, -0.25) is 4.79 Å². The van der Waals surface area contributed by atoms with Crippen LogP contribution in [0.2, 0.25) is 5.15 Å². The first-order valence-corrected chi connectivity index (χ1v) is 6.11. The number of carbonyl (C=O) groups excluding carboxylic acids is 1. The van der Waals surface area contributed by atoms with Crippen LogP contribution < -0.4 is 0 Å². The molecule has 0 aliphatic carbocycles. The molecule has 3 nitrogen and oxygen atoms in total. The Hall–Kier alpha value is -1.000. The van der Waals surface area contributed by atoms with Crippen LogP contribution in [-0.4, -0.2) is 21.0 Å². The fourth-order valence-electron chi connectivity index (χ4n) is 1.01. The molecule has 1 aromatic heterocycles. The number of aromatic nitrogens is 1. The lowest BCUT2D eigenvalue weighted by atomic mass is 10.3. The Morgan fingerprint density at radius 1 is 1.62 bits per heavy atom. The van der Waals surface area contributed by atoms with Crippen molar-refractivity contribution in [1.29, 1.82) is 0 Å². The Bertz CT molecular complexity index is 407. The monoisotopic (exact) mass is 257 g/mol. The summed E-state index contributed by atoms with van der Waals surface area (Å²) in [6, 6.07) is 3.18. The molecule has 5 heteroatoms. The molecule has 86 valence electrons.